The van der Waals surface area contributed by atoms with E-state index in [1.54, 1.807) is 4.90 Å². The average Bonchev–Trinajstić information content (AvgIpc) is 2.27. The molecule has 2 aliphatic rings. The molecule has 0 spiro atoms. The van der Waals surface area contributed by atoms with Gasteiger partial charge >= 0.3 is 11.8 Å². The van der Waals surface area contributed by atoms with Crippen LogP contribution in [0.5, 0.6) is 0 Å². The highest BCUT2D eigenvalue weighted by molar-refractivity contribution is 6.35. The SMILES string of the molecule is CC1(NC(=O)C(=O)N2CCNCC2)CCC1. The molecule has 0 radical (unpaired) electrons. The Labute approximate surface area is 95.6 Å². The Morgan fingerprint density at radius 3 is 2.38 bits per heavy atom. The van der Waals surface area contributed by atoms with Crippen LogP contribution in [0.15, 0.2) is 0 Å². The number of hydrogen-bond acceptors (Lipinski definition) is 3. The van der Waals surface area contributed by atoms with Crippen molar-refractivity contribution < 1.29 is 9.59 Å². The maximum absolute atomic E-state index is 11.8. The maximum atomic E-state index is 11.8. The third-order valence-corrected chi connectivity index (χ3v) is 3.47. The van der Waals surface area contributed by atoms with Crippen LogP contribution < -0.4 is 10.6 Å². The van der Waals surface area contributed by atoms with Crippen LogP contribution in [-0.2, 0) is 9.59 Å². The van der Waals surface area contributed by atoms with Crippen molar-refractivity contribution in [2.45, 2.75) is 31.7 Å². The molecule has 16 heavy (non-hydrogen) atoms. The molecule has 1 saturated carbocycles. The molecule has 1 aliphatic heterocycles. The number of rotatable bonds is 1. The zero-order valence-electron chi connectivity index (χ0n) is 9.71. The lowest BCUT2D eigenvalue weighted by atomic mass is 9.78. The highest BCUT2D eigenvalue weighted by atomic mass is 16.2. The molecule has 5 heteroatoms. The van der Waals surface area contributed by atoms with Crippen LogP contribution in [0.1, 0.15) is 26.2 Å². The summed E-state index contributed by atoms with van der Waals surface area (Å²) in [5, 5.41) is 5.99. The first-order valence-electron chi connectivity index (χ1n) is 5.93. The number of piperazine rings is 1. The zero-order valence-corrected chi connectivity index (χ0v) is 9.71. The van der Waals surface area contributed by atoms with Gasteiger partial charge in [-0.25, -0.2) is 0 Å². The van der Waals surface area contributed by atoms with Crippen LogP contribution in [0, 0.1) is 0 Å². The van der Waals surface area contributed by atoms with Crippen LogP contribution in [0.2, 0.25) is 0 Å². The molecule has 0 atom stereocenters. The minimum absolute atomic E-state index is 0.138. The molecule has 1 aliphatic carbocycles. The molecule has 1 heterocycles. The van der Waals surface area contributed by atoms with Gasteiger partial charge in [-0.1, -0.05) is 0 Å². The molecule has 2 fully saturated rings. The van der Waals surface area contributed by atoms with Crippen LogP contribution in [-0.4, -0.2) is 48.4 Å². The van der Waals surface area contributed by atoms with E-state index in [4.69, 9.17) is 0 Å². The molecule has 5 nitrogen and oxygen atoms in total. The third-order valence-electron chi connectivity index (χ3n) is 3.47. The highest BCUT2D eigenvalue weighted by Crippen LogP contribution is 2.30. The second-order valence-corrected chi connectivity index (χ2v) is 4.91. The fraction of sp³-hybridized carbons (Fsp3) is 0.818. The summed E-state index contributed by atoms with van der Waals surface area (Å²) in [6.07, 6.45) is 3.10. The molecule has 0 bridgehead atoms. The Balaban J connectivity index is 1.86. The fourth-order valence-corrected chi connectivity index (χ4v) is 2.17. The summed E-state index contributed by atoms with van der Waals surface area (Å²) >= 11 is 0. The van der Waals surface area contributed by atoms with Gasteiger partial charge in [-0.15, -0.1) is 0 Å². The van der Waals surface area contributed by atoms with Crippen molar-refractivity contribution in [1.82, 2.24) is 15.5 Å². The molecule has 2 amide bonds. The summed E-state index contributed by atoms with van der Waals surface area (Å²) in [5.41, 5.74) is -0.138. The summed E-state index contributed by atoms with van der Waals surface area (Å²) in [5.74, 6) is -0.821. The van der Waals surface area contributed by atoms with Gasteiger partial charge in [0, 0.05) is 31.7 Å². The molecule has 0 aromatic rings. The van der Waals surface area contributed by atoms with Crippen LogP contribution in [0.25, 0.3) is 0 Å². The number of carbonyl (C=O) groups excluding carboxylic acids is 2. The Morgan fingerprint density at radius 2 is 1.88 bits per heavy atom. The first-order valence-corrected chi connectivity index (χ1v) is 5.93. The van der Waals surface area contributed by atoms with E-state index in [0.717, 1.165) is 32.4 Å². The molecule has 0 unspecified atom stereocenters. The van der Waals surface area contributed by atoms with E-state index in [0.29, 0.717) is 13.1 Å². The molecule has 90 valence electrons. The average molecular weight is 225 g/mol. The Morgan fingerprint density at radius 1 is 1.25 bits per heavy atom. The van der Waals surface area contributed by atoms with Crippen molar-refractivity contribution in [3.05, 3.63) is 0 Å². The van der Waals surface area contributed by atoms with Gasteiger partial charge in [0.2, 0.25) is 0 Å². The quantitative estimate of drug-likeness (QED) is 0.590. The Bertz CT molecular complexity index is 294. The van der Waals surface area contributed by atoms with Crippen LogP contribution in [0.4, 0.5) is 0 Å². The Hall–Kier alpha value is -1.10. The van der Waals surface area contributed by atoms with E-state index < -0.39 is 5.91 Å². The zero-order chi connectivity index (χ0) is 11.6. The maximum Gasteiger partial charge on any atom is 0.311 e. The minimum atomic E-state index is -0.441. The van der Waals surface area contributed by atoms with Crippen molar-refractivity contribution in [2.24, 2.45) is 0 Å². The second-order valence-electron chi connectivity index (χ2n) is 4.91. The topological polar surface area (TPSA) is 61.4 Å². The second kappa shape index (κ2) is 4.41. The Kier molecular flexibility index (Phi) is 3.14. The van der Waals surface area contributed by atoms with Crippen LogP contribution in [0.3, 0.4) is 0 Å². The fourth-order valence-electron chi connectivity index (χ4n) is 2.17. The summed E-state index contributed by atoms with van der Waals surface area (Å²) in [6.45, 7) is 4.80. The predicted octanol–water partition coefficient (Wildman–Crippen LogP) is -0.523. The largest absolute Gasteiger partial charge is 0.343 e. The normalized spacial score (nSPS) is 23.4. The number of nitrogens with zero attached hydrogens (tertiary/aromatic N) is 1. The van der Waals surface area contributed by atoms with Gasteiger partial charge < -0.3 is 15.5 Å². The van der Waals surface area contributed by atoms with Crippen molar-refractivity contribution in [1.29, 1.82) is 0 Å². The van der Waals surface area contributed by atoms with E-state index in [2.05, 4.69) is 10.6 Å². The van der Waals surface area contributed by atoms with E-state index in [1.165, 1.54) is 0 Å². The molecule has 1 saturated heterocycles. The number of carbonyl (C=O) groups is 2. The van der Waals surface area contributed by atoms with Gasteiger partial charge in [0.15, 0.2) is 0 Å². The van der Waals surface area contributed by atoms with Gasteiger partial charge in [0.25, 0.3) is 0 Å². The number of nitrogens with one attached hydrogen (secondary N) is 2. The van der Waals surface area contributed by atoms with Crippen molar-refractivity contribution in [3.63, 3.8) is 0 Å². The lowest BCUT2D eigenvalue weighted by Crippen LogP contribution is -2.57. The first-order chi connectivity index (χ1) is 7.61. The minimum Gasteiger partial charge on any atom is -0.343 e. The smallest absolute Gasteiger partial charge is 0.311 e. The standard InChI is InChI=1S/C11H19N3O2/c1-11(3-2-4-11)13-9(15)10(16)14-7-5-12-6-8-14/h12H,2-8H2,1H3,(H,13,15). The molecular weight excluding hydrogens is 206 g/mol. The van der Waals surface area contributed by atoms with Gasteiger partial charge in [0.1, 0.15) is 0 Å². The van der Waals surface area contributed by atoms with E-state index >= 15 is 0 Å². The molecule has 0 aromatic heterocycles. The molecule has 0 aromatic carbocycles. The van der Waals surface area contributed by atoms with Crippen molar-refractivity contribution in [3.8, 4) is 0 Å². The third kappa shape index (κ3) is 2.35. The lowest BCUT2D eigenvalue weighted by molar-refractivity contribution is -0.147. The van der Waals surface area contributed by atoms with Crippen molar-refractivity contribution >= 4 is 11.8 Å². The summed E-state index contributed by atoms with van der Waals surface area (Å²) < 4.78 is 0. The van der Waals surface area contributed by atoms with Gasteiger partial charge in [-0.3, -0.25) is 9.59 Å². The van der Waals surface area contributed by atoms with Crippen molar-refractivity contribution in [2.75, 3.05) is 26.2 Å². The monoisotopic (exact) mass is 225 g/mol. The molecular formula is C11H19N3O2. The highest BCUT2D eigenvalue weighted by Gasteiger charge is 2.36. The van der Waals surface area contributed by atoms with E-state index in [1.807, 2.05) is 6.92 Å². The molecule has 2 rings (SSSR count). The van der Waals surface area contributed by atoms with E-state index in [-0.39, 0.29) is 11.4 Å². The summed E-state index contributed by atoms with van der Waals surface area (Å²) in [4.78, 5) is 25.1. The van der Waals surface area contributed by atoms with Gasteiger partial charge in [-0.2, -0.15) is 0 Å². The summed E-state index contributed by atoms with van der Waals surface area (Å²) in [7, 11) is 0. The van der Waals surface area contributed by atoms with Crippen LogP contribution >= 0.6 is 0 Å². The van der Waals surface area contributed by atoms with E-state index in [9.17, 15) is 9.59 Å². The molecule has 2 N–H and O–H groups in total. The lowest BCUT2D eigenvalue weighted by Gasteiger charge is -2.39. The first kappa shape index (κ1) is 11.4. The van der Waals surface area contributed by atoms with Gasteiger partial charge in [-0.05, 0) is 26.2 Å². The number of hydrogen-bond donors (Lipinski definition) is 2. The predicted molar refractivity (Wildman–Crippen MR) is 59.8 cm³/mol. The number of amides is 2. The summed E-state index contributed by atoms with van der Waals surface area (Å²) in [6, 6.07) is 0. The van der Waals surface area contributed by atoms with Gasteiger partial charge in [0.05, 0.1) is 0 Å².